The number of hydrogen-bond donors (Lipinski definition) is 1. The highest BCUT2D eigenvalue weighted by Crippen LogP contribution is 2.29. The van der Waals surface area contributed by atoms with Crippen molar-refractivity contribution >= 4 is 17.8 Å². The van der Waals surface area contributed by atoms with E-state index in [1.807, 2.05) is 78.9 Å². The van der Waals surface area contributed by atoms with Gasteiger partial charge in [0.25, 0.3) is 0 Å². The molecule has 0 aliphatic heterocycles. The summed E-state index contributed by atoms with van der Waals surface area (Å²) in [6, 6.07) is 31.8. The van der Waals surface area contributed by atoms with Crippen molar-refractivity contribution in [1.82, 2.24) is 9.97 Å². The highest BCUT2D eigenvalue weighted by molar-refractivity contribution is 6.01. The zero-order valence-electron chi connectivity index (χ0n) is 23.0. The molecule has 5 rings (SSSR count). The average molecular weight is 566 g/mol. The molecule has 0 amide bonds. The summed E-state index contributed by atoms with van der Waals surface area (Å²) in [7, 11) is 2.56. The zero-order valence-corrected chi connectivity index (χ0v) is 23.0. The van der Waals surface area contributed by atoms with Crippen molar-refractivity contribution in [1.29, 1.82) is 0 Å². The number of carbonyl (C=O) groups excluding carboxylic acids is 2. The first-order chi connectivity index (χ1) is 20.5. The number of halogens is 1. The van der Waals surface area contributed by atoms with Crippen molar-refractivity contribution < 1.29 is 28.3 Å². The molecule has 0 aliphatic carbocycles. The highest BCUT2D eigenvalue weighted by atomic mass is 19.1. The molecule has 1 N–H and O–H groups in total. The van der Waals surface area contributed by atoms with Crippen LogP contribution in [-0.4, -0.2) is 36.1 Å². The number of nitrogens with zero attached hydrogens (tertiary/aromatic N) is 2. The van der Waals surface area contributed by atoms with E-state index >= 15 is 0 Å². The van der Waals surface area contributed by atoms with Crippen LogP contribution in [0.5, 0.6) is 0 Å². The van der Waals surface area contributed by atoms with Gasteiger partial charge in [-0.1, -0.05) is 91.0 Å². The molecular weight excluding hydrogens is 537 g/mol. The molecule has 0 radical (unpaired) electrons. The van der Waals surface area contributed by atoms with Crippen LogP contribution in [0, 0.1) is 5.95 Å². The van der Waals surface area contributed by atoms with Crippen molar-refractivity contribution in [2.24, 2.45) is 0 Å². The van der Waals surface area contributed by atoms with Crippen LogP contribution >= 0.6 is 0 Å². The zero-order chi connectivity index (χ0) is 29.7. The van der Waals surface area contributed by atoms with Gasteiger partial charge >= 0.3 is 11.9 Å². The molecular formula is C33H28FN3O5. The Morgan fingerprint density at radius 3 is 1.69 bits per heavy atom. The van der Waals surface area contributed by atoms with Crippen molar-refractivity contribution in [2.75, 3.05) is 19.7 Å². The second-order valence-corrected chi connectivity index (χ2v) is 8.70. The predicted molar refractivity (Wildman–Crippen MR) is 157 cm³/mol. The Kier molecular flexibility index (Phi) is 10.4. The SMILES string of the molecule is COC(=O)c1c(-c2ccccc2)ccnc1F.COC(=O)c1c(-c2ccccc2)ccnc1NOCc1ccccc1. The average Bonchev–Trinajstić information content (AvgIpc) is 3.05. The number of anilines is 1. The van der Waals surface area contributed by atoms with Gasteiger partial charge in [0.15, 0.2) is 5.82 Å². The molecule has 0 saturated heterocycles. The van der Waals surface area contributed by atoms with E-state index in [4.69, 9.17) is 9.57 Å². The van der Waals surface area contributed by atoms with E-state index < -0.39 is 17.9 Å². The minimum atomic E-state index is -0.821. The van der Waals surface area contributed by atoms with E-state index in [0.29, 0.717) is 23.6 Å². The van der Waals surface area contributed by atoms with Crippen molar-refractivity contribution in [2.45, 2.75) is 6.61 Å². The van der Waals surface area contributed by atoms with Crippen LogP contribution in [0.2, 0.25) is 0 Å². The summed E-state index contributed by atoms with van der Waals surface area (Å²) in [6.07, 6.45) is 2.95. The number of pyridine rings is 2. The lowest BCUT2D eigenvalue weighted by atomic mass is 10.0. The molecule has 8 nitrogen and oxygen atoms in total. The molecule has 0 bridgehead atoms. The predicted octanol–water partition coefficient (Wildman–Crippen LogP) is 6.75. The number of esters is 2. The molecule has 9 heteroatoms. The fourth-order valence-corrected chi connectivity index (χ4v) is 4.06. The molecule has 0 spiro atoms. The second kappa shape index (κ2) is 14.8. The summed E-state index contributed by atoms with van der Waals surface area (Å²) >= 11 is 0. The minimum Gasteiger partial charge on any atom is -0.465 e. The molecule has 2 aromatic heterocycles. The smallest absolute Gasteiger partial charge is 0.343 e. The largest absolute Gasteiger partial charge is 0.465 e. The topological polar surface area (TPSA) is 99.6 Å². The van der Waals surface area contributed by atoms with E-state index in [9.17, 15) is 14.0 Å². The van der Waals surface area contributed by atoms with Gasteiger partial charge in [0, 0.05) is 23.5 Å². The number of benzene rings is 3. The van der Waals surface area contributed by atoms with Crippen LogP contribution in [-0.2, 0) is 20.9 Å². The molecule has 3 aromatic carbocycles. The summed E-state index contributed by atoms with van der Waals surface area (Å²) in [5, 5.41) is 0. The highest BCUT2D eigenvalue weighted by Gasteiger charge is 2.20. The van der Waals surface area contributed by atoms with Gasteiger partial charge in [0.05, 0.1) is 20.8 Å². The standard InChI is InChI=1S/C20H18N2O3.C13H10FNO2/c1-24-20(23)18-17(16-10-6-3-7-11-16)12-13-21-19(18)22-25-14-15-8-4-2-5-9-15;1-17-13(16)11-10(7-8-15-12(11)14)9-5-3-2-4-6-9/h2-13H,14H2,1H3,(H,21,22);2-8H,1H3. The lowest BCUT2D eigenvalue weighted by Gasteiger charge is -2.14. The maximum Gasteiger partial charge on any atom is 0.343 e. The summed E-state index contributed by atoms with van der Waals surface area (Å²) in [5.41, 5.74) is 6.83. The third kappa shape index (κ3) is 7.41. The Hall–Kier alpha value is -5.41. The van der Waals surface area contributed by atoms with Crippen LogP contribution in [0.4, 0.5) is 10.2 Å². The van der Waals surface area contributed by atoms with E-state index in [-0.39, 0.29) is 5.56 Å². The molecule has 212 valence electrons. The summed E-state index contributed by atoms with van der Waals surface area (Å²) in [6.45, 7) is 0.346. The first-order valence-corrected chi connectivity index (χ1v) is 12.9. The van der Waals surface area contributed by atoms with Crippen molar-refractivity contribution in [3.05, 3.63) is 138 Å². The van der Waals surface area contributed by atoms with Crippen molar-refractivity contribution in [3.8, 4) is 22.3 Å². The third-order valence-electron chi connectivity index (χ3n) is 6.05. The van der Waals surface area contributed by atoms with Crippen LogP contribution in [0.25, 0.3) is 22.3 Å². The Bertz CT molecular complexity index is 1620. The third-order valence-corrected chi connectivity index (χ3v) is 6.05. The number of aromatic nitrogens is 2. The van der Waals surface area contributed by atoms with E-state index in [0.717, 1.165) is 22.3 Å². The van der Waals surface area contributed by atoms with Gasteiger partial charge in [-0.3, -0.25) is 4.84 Å². The number of methoxy groups -OCH3 is 2. The number of ether oxygens (including phenoxy) is 2. The lowest BCUT2D eigenvalue weighted by molar-refractivity contribution is 0.0588. The number of rotatable bonds is 8. The molecule has 0 fully saturated rings. The molecule has 42 heavy (non-hydrogen) atoms. The van der Waals surface area contributed by atoms with Gasteiger partial charge in [-0.2, -0.15) is 4.39 Å². The van der Waals surface area contributed by atoms with Gasteiger partial charge in [-0.25, -0.2) is 25.0 Å². The Morgan fingerprint density at radius 2 is 1.14 bits per heavy atom. The monoisotopic (exact) mass is 565 g/mol. The molecule has 2 heterocycles. The second-order valence-electron chi connectivity index (χ2n) is 8.70. The number of carbonyl (C=O) groups is 2. The quantitative estimate of drug-likeness (QED) is 0.125. The summed E-state index contributed by atoms with van der Waals surface area (Å²) < 4.78 is 23.1. The Labute approximate surface area is 242 Å². The Balaban J connectivity index is 0.000000208. The van der Waals surface area contributed by atoms with E-state index in [1.165, 1.54) is 20.4 Å². The number of hydrogen-bond acceptors (Lipinski definition) is 8. The normalized spacial score (nSPS) is 10.2. The Morgan fingerprint density at radius 1 is 0.667 bits per heavy atom. The van der Waals surface area contributed by atoms with E-state index in [2.05, 4.69) is 20.2 Å². The minimum absolute atomic E-state index is 0.138. The first-order valence-electron chi connectivity index (χ1n) is 12.9. The lowest BCUT2D eigenvalue weighted by Crippen LogP contribution is -2.12. The van der Waals surface area contributed by atoms with E-state index in [1.54, 1.807) is 30.5 Å². The summed E-state index contributed by atoms with van der Waals surface area (Å²) in [5.74, 6) is -1.70. The molecule has 0 atom stereocenters. The van der Waals surface area contributed by atoms with Crippen LogP contribution in [0.1, 0.15) is 26.3 Å². The van der Waals surface area contributed by atoms with Gasteiger partial charge in [-0.15, -0.1) is 0 Å². The number of nitrogens with one attached hydrogen (secondary N) is 1. The van der Waals surface area contributed by atoms with Gasteiger partial charge in [0.2, 0.25) is 5.95 Å². The molecule has 0 saturated carbocycles. The summed E-state index contributed by atoms with van der Waals surface area (Å²) in [4.78, 5) is 37.0. The van der Waals surface area contributed by atoms with Gasteiger partial charge < -0.3 is 9.47 Å². The van der Waals surface area contributed by atoms with Crippen LogP contribution < -0.4 is 5.48 Å². The fraction of sp³-hybridized carbons (Fsp3) is 0.0909. The van der Waals surface area contributed by atoms with Crippen LogP contribution in [0.15, 0.2) is 116 Å². The van der Waals surface area contributed by atoms with Gasteiger partial charge in [-0.05, 0) is 28.8 Å². The first kappa shape index (κ1) is 29.6. The van der Waals surface area contributed by atoms with Gasteiger partial charge in [0.1, 0.15) is 11.1 Å². The van der Waals surface area contributed by atoms with Crippen LogP contribution in [0.3, 0.4) is 0 Å². The maximum absolute atomic E-state index is 13.6. The maximum atomic E-state index is 13.6. The van der Waals surface area contributed by atoms with Crippen molar-refractivity contribution in [3.63, 3.8) is 0 Å². The molecule has 0 unspecified atom stereocenters. The molecule has 0 aliphatic rings. The fourth-order valence-electron chi connectivity index (χ4n) is 4.06. The molecule has 5 aromatic rings.